The maximum atomic E-state index is 12.3. The summed E-state index contributed by atoms with van der Waals surface area (Å²) in [6.45, 7) is 3.26. The van der Waals surface area contributed by atoms with Gasteiger partial charge in [0.1, 0.15) is 0 Å². The minimum absolute atomic E-state index is 0. The largest absolute Gasteiger partial charge is 0.352 e. The molecule has 2 N–H and O–H groups in total. The molecule has 0 radical (unpaired) electrons. The van der Waals surface area contributed by atoms with Gasteiger partial charge in [-0.1, -0.05) is 6.07 Å². The molecule has 25 heavy (non-hydrogen) atoms. The molecule has 2 aliphatic rings. The van der Waals surface area contributed by atoms with Gasteiger partial charge in [-0.05, 0) is 62.9 Å². The van der Waals surface area contributed by atoms with Crippen LogP contribution in [0.1, 0.15) is 36.0 Å². The van der Waals surface area contributed by atoms with Gasteiger partial charge in [0.25, 0.3) is 5.91 Å². The minimum atomic E-state index is -3.22. The van der Waals surface area contributed by atoms with Crippen LogP contribution in [0.4, 0.5) is 5.69 Å². The first-order chi connectivity index (χ1) is 11.6. The smallest absolute Gasteiger partial charge is 0.251 e. The van der Waals surface area contributed by atoms with Gasteiger partial charge in [0.2, 0.25) is 10.0 Å². The van der Waals surface area contributed by atoms with Gasteiger partial charge < -0.3 is 10.6 Å². The second-order valence-corrected chi connectivity index (χ2v) is 8.56. The quantitative estimate of drug-likeness (QED) is 0.807. The van der Waals surface area contributed by atoms with E-state index >= 15 is 0 Å². The van der Waals surface area contributed by atoms with E-state index in [2.05, 4.69) is 10.6 Å². The van der Waals surface area contributed by atoms with Gasteiger partial charge in [-0.2, -0.15) is 0 Å². The lowest BCUT2D eigenvalue weighted by Crippen LogP contribution is -2.33. The Morgan fingerprint density at radius 1 is 1.32 bits per heavy atom. The number of benzene rings is 1. The molecular weight excluding hydrogens is 362 g/mol. The fourth-order valence-electron chi connectivity index (χ4n) is 3.39. The Morgan fingerprint density at radius 3 is 2.84 bits per heavy atom. The highest BCUT2D eigenvalue weighted by molar-refractivity contribution is 7.93. The Bertz CT molecular complexity index is 690. The molecule has 0 bridgehead atoms. The fraction of sp³-hybridized carbons (Fsp3) is 0.588. The molecule has 2 heterocycles. The second-order valence-electron chi connectivity index (χ2n) is 6.55. The van der Waals surface area contributed by atoms with Crippen molar-refractivity contribution in [2.75, 3.05) is 36.2 Å². The molecule has 140 valence electrons. The third-order valence-corrected chi connectivity index (χ3v) is 6.60. The molecule has 1 atom stereocenters. The highest BCUT2D eigenvalue weighted by Crippen LogP contribution is 2.24. The molecule has 8 heteroatoms. The number of carbonyl (C=O) groups is 1. The molecule has 0 aromatic heterocycles. The van der Waals surface area contributed by atoms with Crippen molar-refractivity contribution in [3.05, 3.63) is 29.8 Å². The van der Waals surface area contributed by atoms with E-state index in [0.29, 0.717) is 36.7 Å². The summed E-state index contributed by atoms with van der Waals surface area (Å²) in [6.07, 6.45) is 4.02. The van der Waals surface area contributed by atoms with Crippen LogP contribution in [-0.4, -0.2) is 46.3 Å². The van der Waals surface area contributed by atoms with E-state index < -0.39 is 10.0 Å². The van der Waals surface area contributed by atoms with Crippen molar-refractivity contribution in [3.63, 3.8) is 0 Å². The molecule has 1 aromatic rings. The van der Waals surface area contributed by atoms with Crippen LogP contribution in [0.25, 0.3) is 0 Å². The van der Waals surface area contributed by atoms with E-state index in [1.807, 2.05) is 0 Å². The second kappa shape index (κ2) is 8.87. The number of carbonyl (C=O) groups excluding carboxylic acids is 1. The molecule has 2 fully saturated rings. The summed E-state index contributed by atoms with van der Waals surface area (Å²) in [6, 6.07) is 6.88. The Labute approximate surface area is 155 Å². The van der Waals surface area contributed by atoms with Gasteiger partial charge in [0.15, 0.2) is 0 Å². The molecule has 0 spiro atoms. The number of anilines is 1. The van der Waals surface area contributed by atoms with Crippen LogP contribution in [0.2, 0.25) is 0 Å². The zero-order chi connectivity index (χ0) is 17.0. The van der Waals surface area contributed by atoms with E-state index in [-0.39, 0.29) is 24.1 Å². The molecule has 1 aromatic carbocycles. The summed E-state index contributed by atoms with van der Waals surface area (Å²) in [5, 5.41) is 6.33. The van der Waals surface area contributed by atoms with Crippen LogP contribution < -0.4 is 14.9 Å². The van der Waals surface area contributed by atoms with Gasteiger partial charge in [0.05, 0.1) is 11.4 Å². The number of sulfonamides is 1. The van der Waals surface area contributed by atoms with Crippen molar-refractivity contribution in [2.45, 2.75) is 25.7 Å². The number of rotatable bonds is 5. The van der Waals surface area contributed by atoms with Crippen LogP contribution in [0.3, 0.4) is 0 Å². The van der Waals surface area contributed by atoms with Gasteiger partial charge in [-0.15, -0.1) is 12.4 Å². The lowest BCUT2D eigenvalue weighted by molar-refractivity contribution is 0.0950. The Hall–Kier alpha value is -1.31. The molecule has 0 saturated carbocycles. The Morgan fingerprint density at radius 2 is 2.16 bits per heavy atom. The number of hydrogen-bond acceptors (Lipinski definition) is 4. The first-order valence-electron chi connectivity index (χ1n) is 8.66. The maximum Gasteiger partial charge on any atom is 0.251 e. The number of piperidine rings is 1. The molecule has 2 saturated heterocycles. The van der Waals surface area contributed by atoms with Crippen molar-refractivity contribution in [3.8, 4) is 0 Å². The van der Waals surface area contributed by atoms with E-state index in [9.17, 15) is 13.2 Å². The molecule has 6 nitrogen and oxygen atoms in total. The number of nitrogens with zero attached hydrogens (tertiary/aromatic N) is 1. The normalized spacial score (nSPS) is 22.2. The standard InChI is InChI=1S/C17H25N3O3S.ClH/c21-17(19-9-7-14-4-2-8-18-13-14)15-5-1-6-16(12-15)20-10-3-11-24(20,22)23;/h1,5-6,12,14,18H,2-4,7-11,13H2,(H,19,21);1H. The number of halogens is 1. The van der Waals surface area contributed by atoms with Crippen LogP contribution in [0, 0.1) is 5.92 Å². The van der Waals surface area contributed by atoms with Crippen molar-refractivity contribution in [2.24, 2.45) is 5.92 Å². The number of amides is 1. The average molecular weight is 388 g/mol. The van der Waals surface area contributed by atoms with Crippen LogP contribution in [0.15, 0.2) is 24.3 Å². The highest BCUT2D eigenvalue weighted by atomic mass is 35.5. The molecule has 3 rings (SSSR count). The van der Waals surface area contributed by atoms with Gasteiger partial charge in [0, 0.05) is 18.7 Å². The summed E-state index contributed by atoms with van der Waals surface area (Å²) in [4.78, 5) is 12.3. The summed E-state index contributed by atoms with van der Waals surface area (Å²) in [5.41, 5.74) is 1.09. The summed E-state index contributed by atoms with van der Waals surface area (Å²) in [5.74, 6) is 0.663. The first kappa shape index (κ1) is 20.0. The number of hydrogen-bond donors (Lipinski definition) is 2. The molecule has 2 aliphatic heterocycles. The van der Waals surface area contributed by atoms with Crippen molar-refractivity contribution >= 4 is 34.0 Å². The summed E-state index contributed by atoms with van der Waals surface area (Å²) in [7, 11) is -3.22. The zero-order valence-corrected chi connectivity index (χ0v) is 15.9. The van der Waals surface area contributed by atoms with Gasteiger partial charge in [-0.3, -0.25) is 9.10 Å². The lowest BCUT2D eigenvalue weighted by Gasteiger charge is -2.22. The monoisotopic (exact) mass is 387 g/mol. The van der Waals surface area contributed by atoms with E-state index in [1.54, 1.807) is 24.3 Å². The van der Waals surface area contributed by atoms with Crippen LogP contribution >= 0.6 is 12.4 Å². The SMILES string of the molecule is Cl.O=C(NCCC1CCCNC1)c1cccc(N2CCCS2(=O)=O)c1. The van der Waals surface area contributed by atoms with E-state index in [0.717, 1.165) is 19.5 Å². The lowest BCUT2D eigenvalue weighted by atomic mass is 9.96. The molecule has 1 amide bonds. The Balaban J connectivity index is 0.00000225. The third-order valence-electron chi connectivity index (χ3n) is 4.73. The highest BCUT2D eigenvalue weighted by Gasteiger charge is 2.28. The Kier molecular flexibility index (Phi) is 7.10. The predicted molar refractivity (Wildman–Crippen MR) is 102 cm³/mol. The van der Waals surface area contributed by atoms with Crippen LogP contribution in [0.5, 0.6) is 0 Å². The van der Waals surface area contributed by atoms with Crippen LogP contribution in [-0.2, 0) is 10.0 Å². The molecule has 1 unspecified atom stereocenters. The summed E-state index contributed by atoms with van der Waals surface area (Å²) >= 11 is 0. The predicted octanol–water partition coefficient (Wildman–Crippen LogP) is 1.77. The topological polar surface area (TPSA) is 78.5 Å². The van der Waals surface area contributed by atoms with E-state index in [4.69, 9.17) is 0 Å². The van der Waals surface area contributed by atoms with Crippen molar-refractivity contribution in [1.82, 2.24) is 10.6 Å². The molecule has 0 aliphatic carbocycles. The van der Waals surface area contributed by atoms with Gasteiger partial charge >= 0.3 is 0 Å². The fourth-order valence-corrected chi connectivity index (χ4v) is 4.95. The van der Waals surface area contributed by atoms with Gasteiger partial charge in [-0.25, -0.2) is 8.42 Å². The first-order valence-corrected chi connectivity index (χ1v) is 10.3. The third kappa shape index (κ3) is 5.09. The number of nitrogens with one attached hydrogen (secondary N) is 2. The average Bonchev–Trinajstić information content (AvgIpc) is 2.95. The molecular formula is C17H26ClN3O3S. The summed E-state index contributed by atoms with van der Waals surface area (Å²) < 4.78 is 25.4. The minimum Gasteiger partial charge on any atom is -0.352 e. The zero-order valence-electron chi connectivity index (χ0n) is 14.2. The van der Waals surface area contributed by atoms with Crippen molar-refractivity contribution in [1.29, 1.82) is 0 Å². The van der Waals surface area contributed by atoms with Crippen molar-refractivity contribution < 1.29 is 13.2 Å². The maximum absolute atomic E-state index is 12.3. The van der Waals surface area contributed by atoms with E-state index in [1.165, 1.54) is 17.1 Å².